The predicted molar refractivity (Wildman–Crippen MR) is 88.2 cm³/mol. The number of carboxylic acids is 1. The van der Waals surface area contributed by atoms with E-state index >= 15 is 0 Å². The van der Waals surface area contributed by atoms with E-state index in [0.29, 0.717) is 19.4 Å². The predicted octanol–water partition coefficient (Wildman–Crippen LogP) is 1.45. The zero-order valence-electron chi connectivity index (χ0n) is 13.9. The van der Waals surface area contributed by atoms with Gasteiger partial charge in [-0.05, 0) is 51.8 Å². The smallest absolute Gasteiger partial charge is 0.329 e. The highest BCUT2D eigenvalue weighted by molar-refractivity contribution is 7.89. The van der Waals surface area contributed by atoms with Crippen LogP contribution in [-0.2, 0) is 14.8 Å². The van der Waals surface area contributed by atoms with Gasteiger partial charge in [0.1, 0.15) is 5.54 Å². The Bertz CT molecular complexity index is 759. The van der Waals surface area contributed by atoms with E-state index in [1.54, 1.807) is 13.8 Å². The van der Waals surface area contributed by atoms with Crippen LogP contribution in [0.2, 0.25) is 0 Å². The second kappa shape index (κ2) is 6.52. The lowest BCUT2D eigenvalue weighted by Gasteiger charge is -2.31. The number of likely N-dealkylation sites (tertiary alicyclic amines) is 1. The van der Waals surface area contributed by atoms with Crippen LogP contribution in [0.5, 0.6) is 0 Å². The number of nitrogens with one attached hydrogen (secondary N) is 1. The fourth-order valence-corrected chi connectivity index (χ4v) is 4.14. The molecule has 1 saturated heterocycles. The maximum atomic E-state index is 12.7. The van der Waals surface area contributed by atoms with Crippen molar-refractivity contribution in [1.82, 2.24) is 9.62 Å². The van der Waals surface area contributed by atoms with Crippen molar-refractivity contribution in [3.63, 3.8) is 0 Å². The Morgan fingerprint density at radius 2 is 2.00 bits per heavy atom. The van der Waals surface area contributed by atoms with Crippen LogP contribution in [0.25, 0.3) is 0 Å². The summed E-state index contributed by atoms with van der Waals surface area (Å²) < 4.78 is 26.9. The summed E-state index contributed by atoms with van der Waals surface area (Å²) in [6.07, 6.45) is 0.975. The van der Waals surface area contributed by atoms with Crippen molar-refractivity contribution in [2.24, 2.45) is 0 Å². The molecule has 0 aromatic heterocycles. The molecule has 1 unspecified atom stereocenters. The highest BCUT2D eigenvalue weighted by Gasteiger charge is 2.46. The van der Waals surface area contributed by atoms with E-state index in [2.05, 4.69) is 4.72 Å². The van der Waals surface area contributed by atoms with Gasteiger partial charge in [0.05, 0.1) is 4.90 Å². The first-order valence-corrected chi connectivity index (χ1v) is 9.24. The summed E-state index contributed by atoms with van der Waals surface area (Å²) in [5.74, 6) is -1.53. The SMILES string of the molecule is CC(C)NS(=O)(=O)c1cccc(C(=O)N2CCCC2(C)C(=O)O)c1. The zero-order chi connectivity index (χ0) is 18.1. The molecule has 1 heterocycles. The van der Waals surface area contributed by atoms with E-state index in [-0.39, 0.29) is 16.5 Å². The minimum absolute atomic E-state index is 0.0155. The van der Waals surface area contributed by atoms with E-state index in [1.807, 2.05) is 0 Å². The normalized spacial score (nSPS) is 21.2. The van der Waals surface area contributed by atoms with E-state index in [0.717, 1.165) is 0 Å². The molecular weight excluding hydrogens is 332 g/mol. The van der Waals surface area contributed by atoms with Gasteiger partial charge in [-0.15, -0.1) is 0 Å². The number of hydrogen-bond donors (Lipinski definition) is 2. The molecule has 0 aliphatic carbocycles. The number of hydrogen-bond acceptors (Lipinski definition) is 4. The lowest BCUT2D eigenvalue weighted by molar-refractivity contribution is -0.147. The molecular formula is C16H22N2O5S. The maximum absolute atomic E-state index is 12.7. The molecule has 2 rings (SSSR count). The summed E-state index contributed by atoms with van der Waals surface area (Å²) in [5.41, 5.74) is -1.10. The fraction of sp³-hybridized carbons (Fsp3) is 0.500. The van der Waals surface area contributed by atoms with Crippen LogP contribution in [-0.4, -0.2) is 48.4 Å². The van der Waals surface area contributed by atoms with Gasteiger partial charge in [-0.2, -0.15) is 0 Å². The van der Waals surface area contributed by atoms with Gasteiger partial charge >= 0.3 is 5.97 Å². The number of carboxylic acid groups (broad SMARTS) is 1. The number of benzene rings is 1. The number of carbonyl (C=O) groups is 2. The molecule has 0 saturated carbocycles. The van der Waals surface area contributed by atoms with Crippen LogP contribution in [0.1, 0.15) is 44.0 Å². The van der Waals surface area contributed by atoms with Gasteiger partial charge in [0.2, 0.25) is 10.0 Å². The maximum Gasteiger partial charge on any atom is 0.329 e. The third-order valence-corrected chi connectivity index (χ3v) is 5.79. The van der Waals surface area contributed by atoms with Crippen LogP contribution in [0.3, 0.4) is 0 Å². The molecule has 1 fully saturated rings. The molecule has 0 spiro atoms. The highest BCUT2D eigenvalue weighted by atomic mass is 32.2. The van der Waals surface area contributed by atoms with Crippen molar-refractivity contribution >= 4 is 21.9 Å². The molecule has 1 aromatic carbocycles. The van der Waals surface area contributed by atoms with Gasteiger partial charge in [-0.25, -0.2) is 17.9 Å². The Morgan fingerprint density at radius 1 is 1.33 bits per heavy atom. The lowest BCUT2D eigenvalue weighted by atomic mass is 9.98. The van der Waals surface area contributed by atoms with Crippen LogP contribution >= 0.6 is 0 Å². The summed E-state index contributed by atoms with van der Waals surface area (Å²) in [7, 11) is -3.72. The van der Waals surface area contributed by atoms with Crippen molar-refractivity contribution in [3.8, 4) is 0 Å². The Kier molecular flexibility index (Phi) is 5.00. The third-order valence-electron chi connectivity index (χ3n) is 4.13. The second-order valence-corrected chi connectivity index (χ2v) is 8.16. The zero-order valence-corrected chi connectivity index (χ0v) is 14.8. The monoisotopic (exact) mass is 354 g/mol. The first-order chi connectivity index (χ1) is 11.1. The van der Waals surface area contributed by atoms with Crippen LogP contribution in [0.4, 0.5) is 0 Å². The molecule has 132 valence electrons. The van der Waals surface area contributed by atoms with Gasteiger partial charge in [0, 0.05) is 18.2 Å². The second-order valence-electron chi connectivity index (χ2n) is 6.44. The summed E-state index contributed by atoms with van der Waals surface area (Å²) in [5, 5.41) is 9.42. The lowest BCUT2D eigenvalue weighted by Crippen LogP contribution is -2.50. The third kappa shape index (κ3) is 3.44. The summed E-state index contributed by atoms with van der Waals surface area (Å²) >= 11 is 0. The summed E-state index contributed by atoms with van der Waals surface area (Å²) in [6, 6.07) is 5.39. The van der Waals surface area contributed by atoms with E-state index < -0.39 is 27.4 Å². The van der Waals surface area contributed by atoms with Gasteiger partial charge in [0.25, 0.3) is 5.91 Å². The summed E-state index contributed by atoms with van der Waals surface area (Å²) in [4.78, 5) is 25.5. The largest absolute Gasteiger partial charge is 0.480 e. The highest BCUT2D eigenvalue weighted by Crippen LogP contribution is 2.31. The van der Waals surface area contributed by atoms with Crippen LogP contribution < -0.4 is 4.72 Å². The van der Waals surface area contributed by atoms with Gasteiger partial charge in [0.15, 0.2) is 0 Å². The molecule has 0 bridgehead atoms. The first kappa shape index (κ1) is 18.4. The standard InChI is InChI=1S/C16H22N2O5S/c1-11(2)17-24(22,23)13-7-4-6-12(10-13)14(19)18-9-5-8-16(18,3)15(20)21/h4,6-7,10-11,17H,5,8-9H2,1-3H3,(H,20,21). The molecule has 24 heavy (non-hydrogen) atoms. The minimum atomic E-state index is -3.72. The molecule has 1 atom stereocenters. The molecule has 1 aliphatic heterocycles. The Labute approximate surface area is 141 Å². The van der Waals surface area contributed by atoms with Crippen molar-refractivity contribution in [2.75, 3.05) is 6.54 Å². The van der Waals surface area contributed by atoms with E-state index in [9.17, 15) is 23.1 Å². The van der Waals surface area contributed by atoms with Crippen molar-refractivity contribution in [2.45, 2.75) is 50.1 Å². The molecule has 7 nitrogen and oxygen atoms in total. The van der Waals surface area contributed by atoms with Crippen molar-refractivity contribution in [3.05, 3.63) is 29.8 Å². The topological polar surface area (TPSA) is 104 Å². The number of sulfonamides is 1. The quantitative estimate of drug-likeness (QED) is 0.833. The number of aliphatic carboxylic acids is 1. The Balaban J connectivity index is 2.35. The van der Waals surface area contributed by atoms with Crippen LogP contribution in [0, 0.1) is 0 Å². The molecule has 1 aromatic rings. The van der Waals surface area contributed by atoms with Crippen LogP contribution in [0.15, 0.2) is 29.2 Å². The van der Waals surface area contributed by atoms with E-state index in [4.69, 9.17) is 0 Å². The van der Waals surface area contributed by atoms with E-state index in [1.165, 1.54) is 36.1 Å². The Morgan fingerprint density at radius 3 is 2.58 bits per heavy atom. The summed E-state index contributed by atoms with van der Waals surface area (Å²) in [6.45, 7) is 5.26. The molecule has 8 heteroatoms. The average molecular weight is 354 g/mol. The number of carbonyl (C=O) groups excluding carboxylic acids is 1. The molecule has 1 aliphatic rings. The van der Waals surface area contributed by atoms with Gasteiger partial charge in [-0.1, -0.05) is 6.07 Å². The van der Waals surface area contributed by atoms with Crippen molar-refractivity contribution < 1.29 is 23.1 Å². The number of amides is 1. The van der Waals surface area contributed by atoms with Gasteiger partial charge in [-0.3, -0.25) is 4.79 Å². The van der Waals surface area contributed by atoms with Gasteiger partial charge < -0.3 is 10.0 Å². The minimum Gasteiger partial charge on any atom is -0.480 e. The first-order valence-electron chi connectivity index (χ1n) is 7.76. The molecule has 2 N–H and O–H groups in total. The molecule has 1 amide bonds. The Hall–Kier alpha value is -1.93. The molecule has 0 radical (unpaired) electrons. The average Bonchev–Trinajstić information content (AvgIpc) is 2.89. The number of nitrogens with zero attached hydrogens (tertiary/aromatic N) is 1. The number of rotatable bonds is 5. The van der Waals surface area contributed by atoms with Crippen molar-refractivity contribution in [1.29, 1.82) is 0 Å². The fourth-order valence-electron chi connectivity index (χ4n) is 2.84.